The average molecular weight is 307 g/mol. The van der Waals surface area contributed by atoms with Gasteiger partial charge in [0, 0.05) is 0 Å². The zero-order chi connectivity index (χ0) is 16.4. The van der Waals surface area contributed by atoms with Gasteiger partial charge in [-0.25, -0.2) is 0 Å². The van der Waals surface area contributed by atoms with Gasteiger partial charge < -0.3 is 5.32 Å². The fourth-order valence-corrected chi connectivity index (χ4v) is 3.40. The number of hydrogen-bond donors (Lipinski definition) is 1. The number of amides is 1. The van der Waals surface area contributed by atoms with Crippen molar-refractivity contribution < 1.29 is 4.79 Å². The van der Waals surface area contributed by atoms with Crippen molar-refractivity contribution in [2.75, 3.05) is 0 Å². The van der Waals surface area contributed by atoms with Gasteiger partial charge in [0.1, 0.15) is 0 Å². The minimum atomic E-state index is 0.0542. The van der Waals surface area contributed by atoms with Crippen LogP contribution in [0.2, 0.25) is 0 Å². The van der Waals surface area contributed by atoms with Gasteiger partial charge in [-0.15, -0.1) is 0 Å². The van der Waals surface area contributed by atoms with Crippen LogP contribution in [0.4, 0.5) is 0 Å². The molecule has 0 aliphatic heterocycles. The Morgan fingerprint density at radius 3 is 2.70 bits per heavy atom. The van der Waals surface area contributed by atoms with Gasteiger partial charge in [0.15, 0.2) is 0 Å². The van der Waals surface area contributed by atoms with Crippen LogP contribution in [0.25, 0.3) is 0 Å². The average Bonchev–Trinajstić information content (AvgIpc) is 2.98. The summed E-state index contributed by atoms with van der Waals surface area (Å²) in [5.41, 5.74) is 7.63. The lowest BCUT2D eigenvalue weighted by molar-refractivity contribution is -0.121. The van der Waals surface area contributed by atoms with Crippen molar-refractivity contribution in [1.82, 2.24) is 5.32 Å². The number of carbonyl (C=O) groups excluding carboxylic acids is 1. The molecule has 0 spiro atoms. The number of aryl methyl sites for hydroxylation is 4. The summed E-state index contributed by atoms with van der Waals surface area (Å²) in [4.78, 5) is 12.4. The summed E-state index contributed by atoms with van der Waals surface area (Å²) in [6.45, 7) is 6.19. The maximum atomic E-state index is 12.4. The van der Waals surface area contributed by atoms with Crippen LogP contribution in [0, 0.1) is 13.8 Å². The zero-order valence-electron chi connectivity index (χ0n) is 14.3. The van der Waals surface area contributed by atoms with E-state index in [2.05, 4.69) is 62.5 Å². The molecule has 1 atom stereocenters. The van der Waals surface area contributed by atoms with Gasteiger partial charge >= 0.3 is 0 Å². The predicted molar refractivity (Wildman–Crippen MR) is 94.6 cm³/mol. The van der Waals surface area contributed by atoms with Crippen LogP contribution in [-0.4, -0.2) is 5.91 Å². The van der Waals surface area contributed by atoms with Crippen molar-refractivity contribution in [1.29, 1.82) is 0 Å². The van der Waals surface area contributed by atoms with Crippen LogP contribution in [0.5, 0.6) is 0 Å². The van der Waals surface area contributed by atoms with Gasteiger partial charge in [-0.05, 0) is 67.9 Å². The molecule has 2 nitrogen and oxygen atoms in total. The summed E-state index contributed by atoms with van der Waals surface area (Å²) in [6.07, 6.45) is 4.07. The summed E-state index contributed by atoms with van der Waals surface area (Å²) in [6, 6.07) is 13.0. The number of nitrogens with one attached hydrogen (secondary N) is 1. The summed E-state index contributed by atoms with van der Waals surface area (Å²) >= 11 is 0. The highest BCUT2D eigenvalue weighted by molar-refractivity contribution is 5.79. The minimum Gasteiger partial charge on any atom is -0.349 e. The lowest BCUT2D eigenvalue weighted by Crippen LogP contribution is -2.28. The lowest BCUT2D eigenvalue weighted by atomic mass is 10.0. The van der Waals surface area contributed by atoms with Crippen molar-refractivity contribution in [2.45, 2.75) is 52.5 Å². The van der Waals surface area contributed by atoms with Crippen LogP contribution in [0.3, 0.4) is 0 Å². The molecule has 0 saturated heterocycles. The lowest BCUT2D eigenvalue weighted by Gasteiger charge is -2.16. The van der Waals surface area contributed by atoms with Gasteiger partial charge in [0.05, 0.1) is 12.5 Å². The summed E-state index contributed by atoms with van der Waals surface area (Å²) < 4.78 is 0. The molecule has 0 aromatic heterocycles. The standard InChI is InChI=1S/C21H25NO/c1-14-7-8-15(2)20(11-14)13-21(23)22-16(3)18-10-9-17-5-4-6-19(17)12-18/h7-12,16H,4-6,13H2,1-3H3,(H,22,23)/t16-/m1/s1. The Labute approximate surface area is 138 Å². The van der Waals surface area contributed by atoms with Gasteiger partial charge in [-0.2, -0.15) is 0 Å². The molecule has 120 valence electrons. The molecule has 0 bridgehead atoms. The third kappa shape index (κ3) is 3.64. The predicted octanol–water partition coefficient (Wildman–Crippen LogP) is 4.21. The number of hydrogen-bond acceptors (Lipinski definition) is 1. The number of carbonyl (C=O) groups is 1. The van der Waals surface area contributed by atoms with E-state index in [0.717, 1.165) is 5.56 Å². The van der Waals surface area contributed by atoms with Crippen molar-refractivity contribution in [3.05, 3.63) is 69.8 Å². The molecule has 1 N–H and O–H groups in total. The normalized spacial score (nSPS) is 14.4. The van der Waals surface area contributed by atoms with E-state index in [0.29, 0.717) is 6.42 Å². The SMILES string of the molecule is Cc1ccc(C)c(CC(=O)N[C@H](C)c2ccc3c(c2)CCC3)c1. The molecule has 0 radical (unpaired) electrons. The molecular formula is C21H25NO. The molecule has 0 unspecified atom stereocenters. The first-order valence-electron chi connectivity index (χ1n) is 8.50. The van der Waals surface area contributed by atoms with E-state index in [-0.39, 0.29) is 11.9 Å². The zero-order valence-corrected chi connectivity index (χ0v) is 14.3. The first-order chi connectivity index (χ1) is 11.0. The van der Waals surface area contributed by atoms with Crippen LogP contribution >= 0.6 is 0 Å². The summed E-state index contributed by atoms with van der Waals surface area (Å²) in [7, 11) is 0. The van der Waals surface area contributed by atoms with Crippen molar-refractivity contribution in [2.24, 2.45) is 0 Å². The Balaban J connectivity index is 1.66. The Morgan fingerprint density at radius 1 is 1.09 bits per heavy atom. The minimum absolute atomic E-state index is 0.0542. The molecule has 2 aromatic carbocycles. The number of rotatable bonds is 4. The van der Waals surface area contributed by atoms with Crippen LogP contribution in [0.1, 0.15) is 52.8 Å². The fourth-order valence-electron chi connectivity index (χ4n) is 3.40. The molecule has 1 aliphatic carbocycles. The Kier molecular flexibility index (Phi) is 4.51. The largest absolute Gasteiger partial charge is 0.349 e. The molecular weight excluding hydrogens is 282 g/mol. The van der Waals surface area contributed by atoms with E-state index in [4.69, 9.17) is 0 Å². The fraction of sp³-hybridized carbons (Fsp3) is 0.381. The second-order valence-corrected chi connectivity index (χ2v) is 6.78. The first kappa shape index (κ1) is 15.8. The molecule has 0 saturated carbocycles. The molecule has 1 amide bonds. The second kappa shape index (κ2) is 6.57. The molecule has 2 aromatic rings. The molecule has 3 rings (SSSR count). The van der Waals surface area contributed by atoms with E-state index < -0.39 is 0 Å². The molecule has 0 heterocycles. The Morgan fingerprint density at radius 2 is 1.87 bits per heavy atom. The van der Waals surface area contributed by atoms with E-state index in [1.165, 1.54) is 47.1 Å². The molecule has 23 heavy (non-hydrogen) atoms. The van der Waals surface area contributed by atoms with Gasteiger partial charge in [0.25, 0.3) is 0 Å². The van der Waals surface area contributed by atoms with Crippen LogP contribution in [0.15, 0.2) is 36.4 Å². The van der Waals surface area contributed by atoms with Gasteiger partial charge in [-0.1, -0.05) is 42.0 Å². The summed E-state index contributed by atoms with van der Waals surface area (Å²) in [5.74, 6) is 0.0895. The van der Waals surface area contributed by atoms with Crippen LogP contribution in [-0.2, 0) is 24.1 Å². The summed E-state index contributed by atoms with van der Waals surface area (Å²) in [5, 5.41) is 3.14. The Bertz CT molecular complexity index is 733. The van der Waals surface area contributed by atoms with Gasteiger partial charge in [0.2, 0.25) is 5.91 Å². The second-order valence-electron chi connectivity index (χ2n) is 6.78. The third-order valence-electron chi connectivity index (χ3n) is 4.86. The highest BCUT2D eigenvalue weighted by atomic mass is 16.1. The Hall–Kier alpha value is -2.09. The van der Waals surface area contributed by atoms with Crippen molar-refractivity contribution in [3.8, 4) is 0 Å². The van der Waals surface area contributed by atoms with Crippen LogP contribution < -0.4 is 5.32 Å². The van der Waals surface area contributed by atoms with E-state index in [1.54, 1.807) is 0 Å². The van der Waals surface area contributed by atoms with Crippen molar-refractivity contribution >= 4 is 5.91 Å². The van der Waals surface area contributed by atoms with Crippen molar-refractivity contribution in [3.63, 3.8) is 0 Å². The topological polar surface area (TPSA) is 29.1 Å². The highest BCUT2D eigenvalue weighted by Crippen LogP contribution is 2.25. The first-order valence-corrected chi connectivity index (χ1v) is 8.50. The number of benzene rings is 2. The number of fused-ring (bicyclic) bond motifs is 1. The molecule has 1 aliphatic rings. The molecule has 2 heteroatoms. The highest BCUT2D eigenvalue weighted by Gasteiger charge is 2.15. The molecule has 0 fully saturated rings. The smallest absolute Gasteiger partial charge is 0.224 e. The van der Waals surface area contributed by atoms with E-state index in [1.807, 2.05) is 0 Å². The maximum absolute atomic E-state index is 12.4. The maximum Gasteiger partial charge on any atom is 0.224 e. The monoisotopic (exact) mass is 307 g/mol. The van der Waals surface area contributed by atoms with Gasteiger partial charge in [-0.3, -0.25) is 4.79 Å². The van der Waals surface area contributed by atoms with E-state index >= 15 is 0 Å². The van der Waals surface area contributed by atoms with E-state index in [9.17, 15) is 4.79 Å². The third-order valence-corrected chi connectivity index (χ3v) is 4.86. The quantitative estimate of drug-likeness (QED) is 0.900.